The summed E-state index contributed by atoms with van der Waals surface area (Å²) in [4.78, 5) is 10.8. The third-order valence-corrected chi connectivity index (χ3v) is 2.12. The molecule has 0 amide bonds. The number of unbranched alkanes of at least 4 members (excludes halogenated alkanes) is 1. The molecule has 0 aliphatic rings. The third-order valence-electron chi connectivity index (χ3n) is 2.12. The van der Waals surface area contributed by atoms with Crippen molar-refractivity contribution in [2.24, 2.45) is 0 Å². The van der Waals surface area contributed by atoms with Crippen molar-refractivity contribution in [3.05, 3.63) is 29.3 Å². The predicted octanol–water partition coefficient (Wildman–Crippen LogP) is 1.78. The molecule has 1 rings (SSSR count). The van der Waals surface area contributed by atoms with E-state index < -0.39 is 5.97 Å². The zero-order valence-corrected chi connectivity index (χ0v) is 8.16. The van der Waals surface area contributed by atoms with Gasteiger partial charge in [0.25, 0.3) is 0 Å². The number of aryl methyl sites for hydroxylation is 1. The minimum absolute atomic E-state index is 0. The summed E-state index contributed by atoms with van der Waals surface area (Å²) in [7, 11) is 0. The van der Waals surface area contributed by atoms with Crippen LogP contribution in [0.1, 0.15) is 35.7 Å². The Labute approximate surface area is 132 Å². The molecule has 0 heterocycles. The molecule has 0 atom stereocenters. The molecule has 0 spiro atoms. The van der Waals surface area contributed by atoms with E-state index in [1.54, 1.807) is 0 Å². The maximum absolute atomic E-state index is 10.8. The molecule has 3 nitrogen and oxygen atoms in total. The number of aromatic carboxylic acids is 1. The summed E-state index contributed by atoms with van der Waals surface area (Å²) in [5.41, 5.74) is 0.996. The summed E-state index contributed by atoms with van der Waals surface area (Å²) in [6.45, 7) is 2.04. The predicted molar refractivity (Wildman–Crippen MR) is 60.8 cm³/mol. The Bertz CT molecular complexity index is 337. The first-order valence-corrected chi connectivity index (χ1v) is 4.70. The van der Waals surface area contributed by atoms with Gasteiger partial charge < -0.3 is 10.2 Å². The number of phenolic OH excluding ortho intramolecular Hbond substituents is 1. The van der Waals surface area contributed by atoms with Crippen LogP contribution >= 0.6 is 0 Å². The van der Waals surface area contributed by atoms with E-state index in [2.05, 4.69) is 0 Å². The van der Waals surface area contributed by atoms with Gasteiger partial charge in [0, 0.05) is 0 Å². The van der Waals surface area contributed by atoms with E-state index in [1.165, 1.54) is 18.2 Å². The van der Waals surface area contributed by atoms with Crippen LogP contribution in [-0.4, -0.2) is 67.6 Å². The van der Waals surface area contributed by atoms with Crippen molar-refractivity contribution < 1.29 is 15.0 Å². The number of carbonyl (C=O) groups is 1. The number of carboxylic acids is 1. The molecule has 0 aliphatic carbocycles. The Morgan fingerprint density at radius 3 is 2.60 bits per heavy atom. The number of rotatable bonds is 4. The normalized spacial score (nSPS) is 9.40. The number of hydrogen-bond donors (Lipinski definition) is 2. The topological polar surface area (TPSA) is 57.5 Å². The molecule has 0 saturated carbocycles. The SMILES string of the molecule is CCCCc1cc(O)ccc1C(=O)O.[KH]. The van der Waals surface area contributed by atoms with Crippen LogP contribution in [0.3, 0.4) is 0 Å². The van der Waals surface area contributed by atoms with Gasteiger partial charge in [0.05, 0.1) is 5.56 Å². The van der Waals surface area contributed by atoms with Gasteiger partial charge in [0.2, 0.25) is 0 Å². The number of hydrogen-bond acceptors (Lipinski definition) is 2. The average Bonchev–Trinajstić information content (AvgIpc) is 2.14. The van der Waals surface area contributed by atoms with E-state index in [0.29, 0.717) is 12.0 Å². The van der Waals surface area contributed by atoms with Crippen molar-refractivity contribution >= 4 is 57.4 Å². The van der Waals surface area contributed by atoms with Crippen molar-refractivity contribution in [3.8, 4) is 5.75 Å². The average molecular weight is 234 g/mol. The fraction of sp³-hybridized carbons (Fsp3) is 0.364. The summed E-state index contributed by atoms with van der Waals surface area (Å²) in [6.07, 6.45) is 2.64. The molecule has 78 valence electrons. The molecule has 4 heteroatoms. The molecule has 0 bridgehead atoms. The van der Waals surface area contributed by atoms with Crippen molar-refractivity contribution in [1.82, 2.24) is 0 Å². The molecule has 1 aromatic rings. The Balaban J connectivity index is 0.00000196. The Morgan fingerprint density at radius 2 is 2.07 bits per heavy atom. The zero-order chi connectivity index (χ0) is 10.6. The van der Waals surface area contributed by atoms with Crippen molar-refractivity contribution in [1.29, 1.82) is 0 Å². The molecule has 0 aromatic heterocycles. The van der Waals surface area contributed by atoms with Gasteiger partial charge in [-0.15, -0.1) is 0 Å². The van der Waals surface area contributed by atoms with Crippen molar-refractivity contribution in [2.45, 2.75) is 26.2 Å². The number of benzene rings is 1. The molecular formula is C11H15KO3. The van der Waals surface area contributed by atoms with E-state index >= 15 is 0 Å². The third kappa shape index (κ3) is 4.65. The molecule has 1 aromatic carbocycles. The van der Waals surface area contributed by atoms with Crippen molar-refractivity contribution in [2.75, 3.05) is 0 Å². The van der Waals surface area contributed by atoms with Crippen LogP contribution in [0.4, 0.5) is 0 Å². The number of phenols is 1. The van der Waals surface area contributed by atoms with E-state index in [4.69, 9.17) is 5.11 Å². The number of aromatic hydroxyl groups is 1. The molecule has 0 unspecified atom stereocenters. The molecule has 15 heavy (non-hydrogen) atoms. The fourth-order valence-electron chi connectivity index (χ4n) is 1.36. The van der Waals surface area contributed by atoms with E-state index in [9.17, 15) is 9.90 Å². The molecule has 2 N–H and O–H groups in total. The first-order chi connectivity index (χ1) is 6.65. The Hall–Kier alpha value is 0.126. The van der Waals surface area contributed by atoms with Crippen LogP contribution in [-0.2, 0) is 6.42 Å². The van der Waals surface area contributed by atoms with Crippen LogP contribution in [0.25, 0.3) is 0 Å². The summed E-state index contributed by atoms with van der Waals surface area (Å²) in [5.74, 6) is -0.808. The first kappa shape index (κ1) is 15.1. The van der Waals surface area contributed by atoms with E-state index in [-0.39, 0.29) is 62.7 Å². The second kappa shape index (κ2) is 7.41. The Morgan fingerprint density at radius 1 is 1.40 bits per heavy atom. The second-order valence-corrected chi connectivity index (χ2v) is 3.25. The summed E-state index contributed by atoms with van der Waals surface area (Å²) < 4.78 is 0. The van der Waals surface area contributed by atoms with Gasteiger partial charge in [-0.3, -0.25) is 0 Å². The molecular weight excluding hydrogens is 219 g/mol. The van der Waals surface area contributed by atoms with Gasteiger partial charge in [-0.25, -0.2) is 4.79 Å². The molecule has 0 fully saturated rings. The zero-order valence-electron chi connectivity index (χ0n) is 8.16. The van der Waals surface area contributed by atoms with Crippen LogP contribution < -0.4 is 0 Å². The van der Waals surface area contributed by atoms with Gasteiger partial charge in [0.15, 0.2) is 0 Å². The van der Waals surface area contributed by atoms with E-state index in [0.717, 1.165) is 12.8 Å². The second-order valence-electron chi connectivity index (χ2n) is 3.25. The van der Waals surface area contributed by atoms with Gasteiger partial charge in [-0.05, 0) is 36.6 Å². The fourth-order valence-corrected chi connectivity index (χ4v) is 1.36. The number of carboxylic acid groups (broad SMARTS) is 1. The molecule has 0 aliphatic heterocycles. The van der Waals surface area contributed by atoms with E-state index in [1.807, 2.05) is 6.92 Å². The summed E-state index contributed by atoms with van der Waals surface area (Å²) in [5, 5.41) is 18.1. The first-order valence-electron chi connectivity index (χ1n) is 4.70. The van der Waals surface area contributed by atoms with Crippen LogP contribution in [0.2, 0.25) is 0 Å². The van der Waals surface area contributed by atoms with Crippen molar-refractivity contribution in [3.63, 3.8) is 0 Å². The monoisotopic (exact) mass is 234 g/mol. The Kier molecular flexibility index (Phi) is 7.47. The summed E-state index contributed by atoms with van der Waals surface area (Å²) >= 11 is 0. The summed E-state index contributed by atoms with van der Waals surface area (Å²) in [6, 6.07) is 4.38. The molecule has 0 saturated heterocycles. The van der Waals surface area contributed by atoms with Crippen LogP contribution in [0, 0.1) is 0 Å². The van der Waals surface area contributed by atoms with Crippen LogP contribution in [0.15, 0.2) is 18.2 Å². The van der Waals surface area contributed by atoms with Gasteiger partial charge in [-0.2, -0.15) is 0 Å². The quantitative estimate of drug-likeness (QED) is 0.781. The van der Waals surface area contributed by atoms with Crippen LogP contribution in [0.5, 0.6) is 5.75 Å². The van der Waals surface area contributed by atoms with Gasteiger partial charge in [0.1, 0.15) is 5.75 Å². The van der Waals surface area contributed by atoms with Gasteiger partial charge in [-0.1, -0.05) is 13.3 Å². The molecule has 0 radical (unpaired) electrons. The van der Waals surface area contributed by atoms with Gasteiger partial charge >= 0.3 is 57.4 Å². The standard InChI is InChI=1S/C11H14O3.K.H/c1-2-3-4-8-7-9(12)5-6-10(8)11(13)14;;/h5-7,12H,2-4H2,1H3,(H,13,14);;. The minimum atomic E-state index is -0.934. The maximum atomic E-state index is 10.8.